The van der Waals surface area contributed by atoms with E-state index in [4.69, 9.17) is 0 Å². The molecule has 15 heavy (non-hydrogen) atoms. The Morgan fingerprint density at radius 3 is 2.67 bits per heavy atom. The summed E-state index contributed by atoms with van der Waals surface area (Å²) in [5.41, 5.74) is 0. The highest BCUT2D eigenvalue weighted by Crippen LogP contribution is 2.38. The van der Waals surface area contributed by atoms with Crippen LogP contribution in [0.5, 0.6) is 0 Å². The molecule has 1 nitrogen and oxygen atoms in total. The fourth-order valence-corrected chi connectivity index (χ4v) is 3.20. The molecule has 1 fully saturated rings. The fraction of sp³-hybridized carbons (Fsp3) is 1.00. The summed E-state index contributed by atoms with van der Waals surface area (Å²) in [5, 5.41) is 3.60. The van der Waals surface area contributed by atoms with E-state index in [2.05, 4.69) is 26.1 Å². The Kier molecular flexibility index (Phi) is 6.31. The molecule has 1 rings (SSSR count). The Labute approximate surface area is 96.0 Å². The summed E-state index contributed by atoms with van der Waals surface area (Å²) in [7, 11) is 0. The van der Waals surface area contributed by atoms with Gasteiger partial charge < -0.3 is 5.32 Å². The van der Waals surface area contributed by atoms with Gasteiger partial charge in [-0.15, -0.1) is 0 Å². The summed E-state index contributed by atoms with van der Waals surface area (Å²) in [6.07, 6.45) is 8.47. The molecule has 1 aliphatic carbocycles. The average Bonchev–Trinajstić information content (AvgIpc) is 2.67. The largest absolute Gasteiger partial charge is 0.316 e. The third-order valence-electron chi connectivity index (χ3n) is 4.03. The topological polar surface area (TPSA) is 12.0 Å². The van der Waals surface area contributed by atoms with Gasteiger partial charge in [0.05, 0.1) is 0 Å². The zero-order valence-electron chi connectivity index (χ0n) is 10.9. The van der Waals surface area contributed by atoms with Crippen LogP contribution in [-0.4, -0.2) is 13.1 Å². The molecule has 1 heteroatoms. The predicted molar refractivity (Wildman–Crippen MR) is 68.1 cm³/mol. The standard InChI is InChI=1S/C14H29N/c1-4-7-12(3)14-9-6-8-13(14)11-15-10-5-2/h12-15H,4-11H2,1-3H3. The molecule has 0 radical (unpaired) electrons. The molecule has 0 aromatic heterocycles. The average molecular weight is 211 g/mol. The first-order valence-corrected chi connectivity index (χ1v) is 7.00. The summed E-state index contributed by atoms with van der Waals surface area (Å²) >= 11 is 0. The Bertz CT molecular complexity index is 155. The number of hydrogen-bond acceptors (Lipinski definition) is 1. The molecule has 1 saturated carbocycles. The first-order chi connectivity index (χ1) is 7.29. The van der Waals surface area contributed by atoms with Crippen LogP contribution in [0.3, 0.4) is 0 Å². The summed E-state index contributed by atoms with van der Waals surface area (Å²) in [6, 6.07) is 0. The van der Waals surface area contributed by atoms with Gasteiger partial charge >= 0.3 is 0 Å². The van der Waals surface area contributed by atoms with Gasteiger partial charge in [-0.05, 0) is 50.1 Å². The molecular weight excluding hydrogens is 182 g/mol. The number of hydrogen-bond donors (Lipinski definition) is 1. The van der Waals surface area contributed by atoms with Gasteiger partial charge in [-0.1, -0.05) is 40.0 Å². The van der Waals surface area contributed by atoms with E-state index in [0.717, 1.165) is 17.8 Å². The number of nitrogens with one attached hydrogen (secondary N) is 1. The van der Waals surface area contributed by atoms with Crippen molar-refractivity contribution in [1.29, 1.82) is 0 Å². The smallest absolute Gasteiger partial charge is 0.00178 e. The Balaban J connectivity index is 2.28. The van der Waals surface area contributed by atoms with Crippen LogP contribution in [0, 0.1) is 17.8 Å². The molecule has 0 bridgehead atoms. The first-order valence-electron chi connectivity index (χ1n) is 7.00. The van der Waals surface area contributed by atoms with Crippen molar-refractivity contribution < 1.29 is 0 Å². The van der Waals surface area contributed by atoms with Crippen LogP contribution < -0.4 is 5.32 Å². The zero-order valence-corrected chi connectivity index (χ0v) is 10.9. The molecule has 0 aliphatic heterocycles. The van der Waals surface area contributed by atoms with E-state index in [0.29, 0.717) is 0 Å². The monoisotopic (exact) mass is 211 g/mol. The first kappa shape index (κ1) is 13.0. The maximum atomic E-state index is 3.60. The molecule has 1 N–H and O–H groups in total. The molecule has 3 atom stereocenters. The summed E-state index contributed by atoms with van der Waals surface area (Å²) in [6.45, 7) is 9.50. The third-order valence-corrected chi connectivity index (χ3v) is 4.03. The van der Waals surface area contributed by atoms with Crippen LogP contribution in [0.25, 0.3) is 0 Å². The van der Waals surface area contributed by atoms with Gasteiger partial charge in [-0.2, -0.15) is 0 Å². The minimum Gasteiger partial charge on any atom is -0.316 e. The van der Waals surface area contributed by atoms with Gasteiger partial charge in [-0.3, -0.25) is 0 Å². The molecule has 3 unspecified atom stereocenters. The van der Waals surface area contributed by atoms with Crippen LogP contribution >= 0.6 is 0 Å². The van der Waals surface area contributed by atoms with Gasteiger partial charge in [0.15, 0.2) is 0 Å². The number of rotatable bonds is 7. The Morgan fingerprint density at radius 1 is 1.20 bits per heavy atom. The predicted octanol–water partition coefficient (Wildman–Crippen LogP) is 3.84. The van der Waals surface area contributed by atoms with Crippen LogP contribution in [0.2, 0.25) is 0 Å². The van der Waals surface area contributed by atoms with E-state index < -0.39 is 0 Å². The second kappa shape index (κ2) is 7.27. The van der Waals surface area contributed by atoms with Crippen LogP contribution in [-0.2, 0) is 0 Å². The Hall–Kier alpha value is -0.0400. The lowest BCUT2D eigenvalue weighted by Crippen LogP contribution is -2.28. The quantitative estimate of drug-likeness (QED) is 0.631. The highest BCUT2D eigenvalue weighted by molar-refractivity contribution is 4.82. The van der Waals surface area contributed by atoms with Crippen molar-refractivity contribution in [3.05, 3.63) is 0 Å². The maximum Gasteiger partial charge on any atom is -0.00178 e. The van der Waals surface area contributed by atoms with Crippen LogP contribution in [0.15, 0.2) is 0 Å². The molecule has 0 heterocycles. The molecule has 0 saturated heterocycles. The van der Waals surface area contributed by atoms with E-state index >= 15 is 0 Å². The summed E-state index contributed by atoms with van der Waals surface area (Å²) in [4.78, 5) is 0. The highest BCUT2D eigenvalue weighted by Gasteiger charge is 2.30. The van der Waals surface area contributed by atoms with Crippen molar-refractivity contribution in [2.24, 2.45) is 17.8 Å². The molecule has 1 aliphatic rings. The Morgan fingerprint density at radius 2 is 2.00 bits per heavy atom. The van der Waals surface area contributed by atoms with Crippen molar-refractivity contribution in [2.45, 2.75) is 59.3 Å². The van der Waals surface area contributed by atoms with Crippen molar-refractivity contribution in [1.82, 2.24) is 5.32 Å². The lowest BCUT2D eigenvalue weighted by atomic mass is 9.82. The molecule has 0 aromatic carbocycles. The van der Waals surface area contributed by atoms with E-state index in [9.17, 15) is 0 Å². The molecule has 0 aromatic rings. The van der Waals surface area contributed by atoms with Crippen LogP contribution in [0.1, 0.15) is 59.3 Å². The lowest BCUT2D eigenvalue weighted by molar-refractivity contribution is 0.257. The SMILES string of the molecule is CCCNCC1CCCC1C(C)CCC. The van der Waals surface area contributed by atoms with Gasteiger partial charge in [0.1, 0.15) is 0 Å². The minimum atomic E-state index is 0.950. The van der Waals surface area contributed by atoms with E-state index in [1.165, 1.54) is 51.6 Å². The van der Waals surface area contributed by atoms with Crippen molar-refractivity contribution >= 4 is 0 Å². The van der Waals surface area contributed by atoms with Gasteiger partial charge in [-0.25, -0.2) is 0 Å². The fourth-order valence-electron chi connectivity index (χ4n) is 3.20. The zero-order chi connectivity index (χ0) is 11.1. The second-order valence-corrected chi connectivity index (χ2v) is 5.32. The summed E-state index contributed by atoms with van der Waals surface area (Å²) < 4.78 is 0. The van der Waals surface area contributed by atoms with Crippen molar-refractivity contribution in [2.75, 3.05) is 13.1 Å². The summed E-state index contributed by atoms with van der Waals surface area (Å²) in [5.74, 6) is 2.93. The van der Waals surface area contributed by atoms with Crippen molar-refractivity contribution in [3.8, 4) is 0 Å². The maximum absolute atomic E-state index is 3.60. The van der Waals surface area contributed by atoms with Crippen molar-refractivity contribution in [3.63, 3.8) is 0 Å². The van der Waals surface area contributed by atoms with E-state index in [-0.39, 0.29) is 0 Å². The van der Waals surface area contributed by atoms with Gasteiger partial charge in [0, 0.05) is 0 Å². The minimum absolute atomic E-state index is 0.950. The normalized spacial score (nSPS) is 28.2. The van der Waals surface area contributed by atoms with Crippen LogP contribution in [0.4, 0.5) is 0 Å². The molecule has 90 valence electrons. The molecular formula is C14H29N. The van der Waals surface area contributed by atoms with Gasteiger partial charge in [0.25, 0.3) is 0 Å². The lowest BCUT2D eigenvalue weighted by Gasteiger charge is -2.26. The van der Waals surface area contributed by atoms with E-state index in [1.54, 1.807) is 0 Å². The van der Waals surface area contributed by atoms with Gasteiger partial charge in [0.2, 0.25) is 0 Å². The molecule has 0 spiro atoms. The third kappa shape index (κ3) is 4.14. The molecule has 0 amide bonds. The highest BCUT2D eigenvalue weighted by atomic mass is 14.9. The van der Waals surface area contributed by atoms with E-state index in [1.807, 2.05) is 0 Å². The second-order valence-electron chi connectivity index (χ2n) is 5.32.